The van der Waals surface area contributed by atoms with Gasteiger partial charge in [-0.05, 0) is 63.3 Å². The number of hydrogen-bond donors (Lipinski definition) is 1. The van der Waals surface area contributed by atoms with E-state index in [0.29, 0.717) is 24.5 Å². The largest absolute Gasteiger partial charge is 0.494 e. The molecule has 1 unspecified atom stereocenters. The van der Waals surface area contributed by atoms with Crippen molar-refractivity contribution >= 4 is 17.6 Å². The van der Waals surface area contributed by atoms with Crippen LogP contribution >= 0.6 is 0 Å². The molecule has 3 rings (SSSR count). The second kappa shape index (κ2) is 13.0. The van der Waals surface area contributed by atoms with Crippen LogP contribution in [-0.4, -0.2) is 38.2 Å². The van der Waals surface area contributed by atoms with Gasteiger partial charge in [0.2, 0.25) is 5.91 Å². The number of nitrogens with zero attached hydrogens (tertiary/aromatic N) is 1. The molecule has 2 aromatic carbocycles. The Bertz CT molecular complexity index is 953. The highest BCUT2D eigenvalue weighted by Crippen LogP contribution is 2.31. The van der Waals surface area contributed by atoms with Gasteiger partial charge in [-0.3, -0.25) is 4.79 Å². The van der Waals surface area contributed by atoms with Crippen molar-refractivity contribution in [3.63, 3.8) is 0 Å². The summed E-state index contributed by atoms with van der Waals surface area (Å²) >= 11 is 0. The standard InChI is InChI=1S/C28H38N2O4/c1-4-12-24(23-13-8-9-14-25(23)30-17-10-7-11-18-30)29-27(31)20-21-15-16-22(28(32)34-6-3)19-26(21)33-5-2/h8-9,13-16,19,24H,4-7,10-12,17-18,20H2,1-3H3,(H,29,31). The first-order valence-electron chi connectivity index (χ1n) is 12.6. The molecule has 1 fully saturated rings. The summed E-state index contributed by atoms with van der Waals surface area (Å²) in [6, 6.07) is 13.5. The highest BCUT2D eigenvalue weighted by Gasteiger charge is 2.22. The zero-order valence-electron chi connectivity index (χ0n) is 20.8. The summed E-state index contributed by atoms with van der Waals surface area (Å²) in [5.41, 5.74) is 3.60. The summed E-state index contributed by atoms with van der Waals surface area (Å²) in [5.74, 6) is 0.0949. The minimum Gasteiger partial charge on any atom is -0.494 e. The summed E-state index contributed by atoms with van der Waals surface area (Å²) in [7, 11) is 0. The molecule has 0 radical (unpaired) electrons. The van der Waals surface area contributed by atoms with Gasteiger partial charge in [0.15, 0.2) is 0 Å². The molecular formula is C28H38N2O4. The van der Waals surface area contributed by atoms with Crippen molar-refractivity contribution in [2.45, 2.75) is 65.3 Å². The third-order valence-corrected chi connectivity index (χ3v) is 6.15. The second-order valence-corrected chi connectivity index (χ2v) is 8.67. The smallest absolute Gasteiger partial charge is 0.338 e. The maximum Gasteiger partial charge on any atom is 0.338 e. The van der Waals surface area contributed by atoms with Gasteiger partial charge in [0, 0.05) is 24.3 Å². The van der Waals surface area contributed by atoms with Gasteiger partial charge >= 0.3 is 5.97 Å². The van der Waals surface area contributed by atoms with E-state index in [4.69, 9.17) is 9.47 Å². The number of carbonyl (C=O) groups excluding carboxylic acids is 2. The molecule has 0 aliphatic carbocycles. The monoisotopic (exact) mass is 466 g/mol. The molecule has 1 atom stereocenters. The number of nitrogens with one attached hydrogen (secondary N) is 1. The van der Waals surface area contributed by atoms with Gasteiger partial charge in [-0.2, -0.15) is 0 Å². The summed E-state index contributed by atoms with van der Waals surface area (Å²) < 4.78 is 10.8. The molecule has 1 saturated heterocycles. The number of carbonyl (C=O) groups is 2. The van der Waals surface area contributed by atoms with E-state index in [1.807, 2.05) is 6.92 Å². The molecule has 0 bridgehead atoms. The third kappa shape index (κ3) is 6.75. The van der Waals surface area contributed by atoms with Crippen LogP contribution in [0.2, 0.25) is 0 Å². The molecule has 1 heterocycles. The van der Waals surface area contributed by atoms with Gasteiger partial charge in [-0.1, -0.05) is 37.6 Å². The fraction of sp³-hybridized carbons (Fsp3) is 0.500. The van der Waals surface area contributed by atoms with E-state index in [1.165, 1.54) is 30.5 Å². The normalized spacial score (nSPS) is 14.4. The lowest BCUT2D eigenvalue weighted by Gasteiger charge is -2.33. The average Bonchev–Trinajstić information content (AvgIpc) is 2.85. The van der Waals surface area contributed by atoms with Crippen molar-refractivity contribution in [2.24, 2.45) is 0 Å². The lowest BCUT2D eigenvalue weighted by molar-refractivity contribution is -0.121. The fourth-order valence-corrected chi connectivity index (χ4v) is 4.55. The minimum absolute atomic E-state index is 0.0509. The Kier molecular flexibility index (Phi) is 9.80. The topological polar surface area (TPSA) is 67.9 Å². The predicted octanol–water partition coefficient (Wildman–Crippen LogP) is 5.45. The van der Waals surface area contributed by atoms with E-state index in [9.17, 15) is 9.59 Å². The van der Waals surface area contributed by atoms with E-state index in [1.54, 1.807) is 25.1 Å². The molecular weight excluding hydrogens is 428 g/mol. The molecule has 1 aliphatic rings. The lowest BCUT2D eigenvalue weighted by Crippen LogP contribution is -2.34. The summed E-state index contributed by atoms with van der Waals surface area (Å²) in [5, 5.41) is 3.28. The quantitative estimate of drug-likeness (QED) is 0.446. The Balaban J connectivity index is 1.78. The fourth-order valence-electron chi connectivity index (χ4n) is 4.55. The maximum absolute atomic E-state index is 13.2. The first-order valence-corrected chi connectivity index (χ1v) is 12.6. The zero-order chi connectivity index (χ0) is 24.3. The van der Waals surface area contributed by atoms with Crippen molar-refractivity contribution in [1.82, 2.24) is 5.32 Å². The van der Waals surface area contributed by atoms with Crippen molar-refractivity contribution in [3.8, 4) is 5.75 Å². The van der Waals surface area contributed by atoms with Crippen molar-refractivity contribution in [2.75, 3.05) is 31.2 Å². The SMILES string of the molecule is CCCC(NC(=O)Cc1ccc(C(=O)OCC)cc1OCC)c1ccccc1N1CCCCC1. The van der Waals surface area contributed by atoms with Crippen LogP contribution in [-0.2, 0) is 16.0 Å². The molecule has 0 saturated carbocycles. The van der Waals surface area contributed by atoms with Crippen LogP contribution in [0.5, 0.6) is 5.75 Å². The summed E-state index contributed by atoms with van der Waals surface area (Å²) in [6.45, 7) is 8.69. The van der Waals surface area contributed by atoms with Gasteiger partial charge < -0.3 is 19.7 Å². The predicted molar refractivity (Wildman–Crippen MR) is 136 cm³/mol. The zero-order valence-corrected chi connectivity index (χ0v) is 20.8. The van der Waals surface area contributed by atoms with Gasteiger partial charge in [0.1, 0.15) is 5.75 Å². The van der Waals surface area contributed by atoms with Crippen LogP contribution in [0.25, 0.3) is 0 Å². The number of amides is 1. The van der Waals surface area contributed by atoms with Crippen molar-refractivity contribution in [1.29, 1.82) is 0 Å². The Labute approximate surface area is 203 Å². The van der Waals surface area contributed by atoms with Gasteiger partial charge in [0.25, 0.3) is 0 Å². The van der Waals surface area contributed by atoms with E-state index >= 15 is 0 Å². The first kappa shape index (κ1) is 25.6. The van der Waals surface area contributed by atoms with Gasteiger partial charge in [-0.25, -0.2) is 4.79 Å². The highest BCUT2D eigenvalue weighted by molar-refractivity contribution is 5.90. The van der Waals surface area contributed by atoms with E-state index in [-0.39, 0.29) is 18.4 Å². The summed E-state index contributed by atoms with van der Waals surface area (Å²) in [6.07, 6.45) is 5.73. The Hall–Kier alpha value is -3.02. The molecule has 2 aromatic rings. The molecule has 6 nitrogen and oxygen atoms in total. The number of rotatable bonds is 11. The van der Waals surface area contributed by atoms with Gasteiger partial charge in [-0.15, -0.1) is 0 Å². The van der Waals surface area contributed by atoms with Gasteiger partial charge in [0.05, 0.1) is 31.2 Å². The first-order chi connectivity index (χ1) is 16.6. The number of hydrogen-bond acceptors (Lipinski definition) is 5. The Morgan fingerprint density at radius 1 is 1.00 bits per heavy atom. The van der Waals surface area contributed by atoms with Crippen LogP contribution in [0.4, 0.5) is 5.69 Å². The van der Waals surface area contributed by atoms with Crippen molar-refractivity contribution in [3.05, 3.63) is 59.2 Å². The maximum atomic E-state index is 13.2. The Morgan fingerprint density at radius 3 is 2.47 bits per heavy atom. The number of ether oxygens (including phenoxy) is 2. The molecule has 6 heteroatoms. The second-order valence-electron chi connectivity index (χ2n) is 8.67. The molecule has 1 N–H and O–H groups in total. The Morgan fingerprint density at radius 2 is 1.76 bits per heavy atom. The molecule has 184 valence electrons. The molecule has 0 spiro atoms. The van der Waals surface area contributed by atoms with Crippen LogP contribution in [0.1, 0.15) is 80.4 Å². The number of esters is 1. The lowest BCUT2D eigenvalue weighted by atomic mass is 9.97. The van der Waals surface area contributed by atoms with Crippen LogP contribution in [0, 0.1) is 0 Å². The number of piperidine rings is 1. The minimum atomic E-state index is -0.392. The average molecular weight is 467 g/mol. The van der Waals surface area contributed by atoms with Crippen LogP contribution in [0.3, 0.4) is 0 Å². The summed E-state index contributed by atoms with van der Waals surface area (Å²) in [4.78, 5) is 27.7. The molecule has 0 aromatic heterocycles. The third-order valence-electron chi connectivity index (χ3n) is 6.15. The number of para-hydroxylation sites is 1. The van der Waals surface area contributed by atoms with E-state index < -0.39 is 5.97 Å². The van der Waals surface area contributed by atoms with Crippen LogP contribution in [0.15, 0.2) is 42.5 Å². The van der Waals surface area contributed by atoms with Crippen molar-refractivity contribution < 1.29 is 19.1 Å². The molecule has 1 amide bonds. The molecule has 34 heavy (non-hydrogen) atoms. The highest BCUT2D eigenvalue weighted by atomic mass is 16.5. The van der Waals surface area contributed by atoms with E-state index in [2.05, 4.69) is 41.4 Å². The number of anilines is 1. The van der Waals surface area contributed by atoms with E-state index in [0.717, 1.165) is 31.5 Å². The number of benzene rings is 2. The molecule has 1 aliphatic heterocycles. The van der Waals surface area contributed by atoms with Crippen LogP contribution < -0.4 is 15.0 Å².